The first-order chi connectivity index (χ1) is 9.72. The summed E-state index contributed by atoms with van der Waals surface area (Å²) in [7, 11) is 0. The first-order valence-corrected chi connectivity index (χ1v) is 7.12. The van der Waals surface area contributed by atoms with Gasteiger partial charge >= 0.3 is 5.97 Å². The molecule has 0 bridgehead atoms. The minimum atomic E-state index is -1.24. The Morgan fingerprint density at radius 2 is 2.14 bits per heavy atom. The van der Waals surface area contributed by atoms with Crippen LogP contribution in [0.3, 0.4) is 0 Å². The standard InChI is InChI=1S/C13H17BrN2O5/c1-13(15,12(17)18)4-2-3-5-21-11-7-9(14)6-10(8-11)16(19)20/h6-8H,2-5,15H2,1H3,(H,17,18). The van der Waals surface area contributed by atoms with E-state index in [1.807, 2.05) is 0 Å². The van der Waals surface area contributed by atoms with E-state index in [4.69, 9.17) is 15.6 Å². The van der Waals surface area contributed by atoms with Gasteiger partial charge in [-0.15, -0.1) is 0 Å². The van der Waals surface area contributed by atoms with Crippen molar-refractivity contribution in [1.82, 2.24) is 0 Å². The fraction of sp³-hybridized carbons (Fsp3) is 0.462. The fourth-order valence-electron chi connectivity index (χ4n) is 1.63. The largest absolute Gasteiger partial charge is 0.493 e. The Hall–Kier alpha value is -1.67. The van der Waals surface area contributed by atoms with Crippen LogP contribution in [-0.2, 0) is 4.79 Å². The lowest BCUT2D eigenvalue weighted by molar-refractivity contribution is -0.385. The molecule has 0 radical (unpaired) electrons. The molecule has 1 rings (SSSR count). The summed E-state index contributed by atoms with van der Waals surface area (Å²) in [5, 5.41) is 19.6. The summed E-state index contributed by atoms with van der Waals surface area (Å²) in [6.07, 6.45) is 1.54. The van der Waals surface area contributed by atoms with E-state index in [0.29, 0.717) is 36.1 Å². The molecule has 21 heavy (non-hydrogen) atoms. The second kappa shape index (κ2) is 7.37. The first-order valence-electron chi connectivity index (χ1n) is 6.32. The number of ether oxygens (including phenoxy) is 1. The molecule has 0 aliphatic carbocycles. The number of hydrogen-bond donors (Lipinski definition) is 2. The summed E-state index contributed by atoms with van der Waals surface area (Å²) >= 11 is 3.18. The number of nitro benzene ring substituents is 1. The van der Waals surface area contributed by atoms with Crippen LogP contribution < -0.4 is 10.5 Å². The Morgan fingerprint density at radius 1 is 1.48 bits per heavy atom. The van der Waals surface area contributed by atoms with Crippen molar-refractivity contribution in [3.05, 3.63) is 32.8 Å². The number of halogens is 1. The van der Waals surface area contributed by atoms with Crippen LogP contribution >= 0.6 is 15.9 Å². The molecule has 3 N–H and O–H groups in total. The van der Waals surface area contributed by atoms with Gasteiger partial charge in [0.1, 0.15) is 11.3 Å². The average Bonchev–Trinajstić information content (AvgIpc) is 2.37. The monoisotopic (exact) mass is 360 g/mol. The van der Waals surface area contributed by atoms with Gasteiger partial charge in [-0.3, -0.25) is 14.9 Å². The van der Waals surface area contributed by atoms with Crippen LogP contribution in [0.1, 0.15) is 26.2 Å². The number of rotatable bonds is 8. The number of benzene rings is 1. The maximum Gasteiger partial charge on any atom is 0.323 e. The third-order valence-electron chi connectivity index (χ3n) is 2.91. The zero-order valence-electron chi connectivity index (χ0n) is 11.5. The number of nitro groups is 1. The summed E-state index contributed by atoms with van der Waals surface area (Å²) in [6, 6.07) is 4.37. The summed E-state index contributed by atoms with van der Waals surface area (Å²) in [5.74, 6) is -0.643. The van der Waals surface area contributed by atoms with Gasteiger partial charge in [0.2, 0.25) is 0 Å². The van der Waals surface area contributed by atoms with E-state index in [1.54, 1.807) is 6.07 Å². The molecule has 1 unspecified atom stereocenters. The highest BCUT2D eigenvalue weighted by molar-refractivity contribution is 9.10. The van der Waals surface area contributed by atoms with Crippen LogP contribution in [0.25, 0.3) is 0 Å². The van der Waals surface area contributed by atoms with E-state index in [-0.39, 0.29) is 5.69 Å². The van der Waals surface area contributed by atoms with Crippen molar-refractivity contribution in [3.8, 4) is 5.75 Å². The summed E-state index contributed by atoms with van der Waals surface area (Å²) < 4.78 is 5.99. The quantitative estimate of drug-likeness (QED) is 0.418. The Balaban J connectivity index is 2.43. The molecule has 8 heteroatoms. The van der Waals surface area contributed by atoms with Gasteiger partial charge in [0, 0.05) is 10.5 Å². The Bertz CT molecular complexity index is 533. The van der Waals surface area contributed by atoms with Gasteiger partial charge in [-0.1, -0.05) is 15.9 Å². The van der Waals surface area contributed by atoms with E-state index in [9.17, 15) is 14.9 Å². The van der Waals surface area contributed by atoms with Gasteiger partial charge in [-0.25, -0.2) is 0 Å². The van der Waals surface area contributed by atoms with Crippen molar-refractivity contribution >= 4 is 27.6 Å². The smallest absolute Gasteiger partial charge is 0.323 e. The summed E-state index contributed by atoms with van der Waals surface area (Å²) in [5.41, 5.74) is 4.31. The van der Waals surface area contributed by atoms with Gasteiger partial charge < -0.3 is 15.6 Å². The molecule has 0 aromatic heterocycles. The van der Waals surface area contributed by atoms with Crippen molar-refractivity contribution in [2.45, 2.75) is 31.7 Å². The molecule has 0 aliphatic rings. The number of non-ortho nitro benzene ring substituents is 1. The van der Waals surface area contributed by atoms with E-state index in [1.165, 1.54) is 19.1 Å². The molecule has 0 saturated carbocycles. The number of carboxylic acid groups (broad SMARTS) is 1. The van der Waals surface area contributed by atoms with Gasteiger partial charge in [-0.05, 0) is 32.3 Å². The number of nitrogens with two attached hydrogens (primary N) is 1. The molecule has 1 aromatic carbocycles. The highest BCUT2D eigenvalue weighted by Gasteiger charge is 2.26. The van der Waals surface area contributed by atoms with Gasteiger partial charge in [0.25, 0.3) is 5.69 Å². The van der Waals surface area contributed by atoms with Crippen LogP contribution in [0, 0.1) is 10.1 Å². The Morgan fingerprint density at radius 3 is 2.71 bits per heavy atom. The summed E-state index contributed by atoms with van der Waals surface area (Å²) in [4.78, 5) is 21.0. The number of nitrogens with zero attached hydrogens (tertiary/aromatic N) is 1. The van der Waals surface area contributed by atoms with E-state index < -0.39 is 16.4 Å². The van der Waals surface area contributed by atoms with E-state index in [0.717, 1.165) is 0 Å². The zero-order chi connectivity index (χ0) is 16.0. The lowest BCUT2D eigenvalue weighted by atomic mass is 9.97. The third-order valence-corrected chi connectivity index (χ3v) is 3.37. The lowest BCUT2D eigenvalue weighted by Crippen LogP contribution is -2.44. The molecular formula is C13H17BrN2O5. The first kappa shape index (κ1) is 17.4. The molecule has 0 saturated heterocycles. The van der Waals surface area contributed by atoms with Crippen LogP contribution in [0.4, 0.5) is 5.69 Å². The maximum atomic E-state index is 10.8. The number of unbranched alkanes of at least 4 members (excludes halogenated alkanes) is 1. The highest BCUT2D eigenvalue weighted by atomic mass is 79.9. The molecule has 1 aromatic rings. The highest BCUT2D eigenvalue weighted by Crippen LogP contribution is 2.26. The molecule has 0 amide bonds. The minimum Gasteiger partial charge on any atom is -0.493 e. The topological polar surface area (TPSA) is 116 Å². The number of aliphatic carboxylic acids is 1. The second-order valence-corrected chi connectivity index (χ2v) is 5.85. The molecule has 1 atom stereocenters. The SMILES string of the molecule is CC(N)(CCCCOc1cc(Br)cc([N+](=O)[O-])c1)C(=O)O. The van der Waals surface area contributed by atoms with Crippen molar-refractivity contribution < 1.29 is 19.6 Å². The molecule has 0 heterocycles. The summed E-state index contributed by atoms with van der Waals surface area (Å²) in [6.45, 7) is 1.80. The number of carbonyl (C=O) groups is 1. The van der Waals surface area contributed by atoms with Gasteiger partial charge in [0.05, 0.1) is 17.6 Å². The average molecular weight is 361 g/mol. The number of hydrogen-bond acceptors (Lipinski definition) is 5. The molecule has 116 valence electrons. The van der Waals surface area contributed by atoms with Crippen molar-refractivity contribution in [2.75, 3.05) is 6.61 Å². The predicted octanol–water partition coefficient (Wildman–Crippen LogP) is 2.71. The molecule has 0 aliphatic heterocycles. The van der Waals surface area contributed by atoms with Crippen LogP contribution in [0.5, 0.6) is 5.75 Å². The van der Waals surface area contributed by atoms with Gasteiger partial charge in [0.15, 0.2) is 0 Å². The van der Waals surface area contributed by atoms with Gasteiger partial charge in [-0.2, -0.15) is 0 Å². The predicted molar refractivity (Wildman–Crippen MR) is 80.4 cm³/mol. The lowest BCUT2D eigenvalue weighted by Gasteiger charge is -2.18. The fourth-order valence-corrected chi connectivity index (χ4v) is 2.09. The maximum absolute atomic E-state index is 10.8. The zero-order valence-corrected chi connectivity index (χ0v) is 13.1. The van der Waals surface area contributed by atoms with E-state index in [2.05, 4.69) is 15.9 Å². The second-order valence-electron chi connectivity index (χ2n) is 4.93. The van der Waals surface area contributed by atoms with Crippen molar-refractivity contribution in [2.24, 2.45) is 5.73 Å². The molecule has 0 fully saturated rings. The molecular weight excluding hydrogens is 344 g/mol. The minimum absolute atomic E-state index is 0.0558. The molecule has 7 nitrogen and oxygen atoms in total. The van der Waals surface area contributed by atoms with Crippen LogP contribution in [0.15, 0.2) is 22.7 Å². The van der Waals surface area contributed by atoms with Crippen LogP contribution in [0.2, 0.25) is 0 Å². The van der Waals surface area contributed by atoms with E-state index >= 15 is 0 Å². The van der Waals surface area contributed by atoms with Crippen molar-refractivity contribution in [3.63, 3.8) is 0 Å². The number of carboxylic acids is 1. The van der Waals surface area contributed by atoms with Crippen LogP contribution in [-0.4, -0.2) is 28.1 Å². The third kappa shape index (κ3) is 5.68. The Kier molecular flexibility index (Phi) is 6.10. The normalized spacial score (nSPS) is 13.5. The van der Waals surface area contributed by atoms with Crippen molar-refractivity contribution in [1.29, 1.82) is 0 Å². The Labute approximate surface area is 130 Å². The molecule has 0 spiro atoms.